The van der Waals surface area contributed by atoms with E-state index in [0.717, 1.165) is 5.69 Å². The van der Waals surface area contributed by atoms with Crippen molar-refractivity contribution in [1.29, 1.82) is 0 Å². The van der Waals surface area contributed by atoms with Crippen LogP contribution in [0.25, 0.3) is 11.1 Å². The molecule has 1 aromatic heterocycles. The summed E-state index contributed by atoms with van der Waals surface area (Å²) in [7, 11) is 0. The third-order valence-electron chi connectivity index (χ3n) is 2.44. The van der Waals surface area contributed by atoms with Gasteiger partial charge in [0.25, 0.3) is 0 Å². The molecule has 0 saturated carbocycles. The fraction of sp³-hybridized carbons (Fsp3) is 0.182. The first-order valence-electron chi connectivity index (χ1n) is 4.92. The molecule has 0 aliphatic rings. The number of rotatable bonds is 2. The molecule has 1 heterocycles. The summed E-state index contributed by atoms with van der Waals surface area (Å²) in [6.07, 6.45) is 0.700. The molecule has 3 N–H and O–H groups in total. The predicted molar refractivity (Wildman–Crippen MR) is 62.8 cm³/mol. The van der Waals surface area contributed by atoms with E-state index in [1.165, 1.54) is 6.07 Å². The number of nitrogens with two attached hydrogens (primary N) is 1. The average Bonchev–Trinajstić information content (AvgIpc) is 2.64. The van der Waals surface area contributed by atoms with Crippen LogP contribution in [0.3, 0.4) is 0 Å². The second kappa shape index (κ2) is 4.14. The first-order valence-corrected chi connectivity index (χ1v) is 5.30. The smallest absolute Gasteiger partial charge is 0.153 e. The van der Waals surface area contributed by atoms with Gasteiger partial charge in [0.05, 0.1) is 5.02 Å². The normalized spacial score (nSPS) is 10.7. The van der Waals surface area contributed by atoms with E-state index < -0.39 is 5.82 Å². The second-order valence-electron chi connectivity index (χ2n) is 3.42. The second-order valence-corrected chi connectivity index (χ2v) is 3.82. The van der Waals surface area contributed by atoms with Gasteiger partial charge in [0.1, 0.15) is 5.82 Å². The number of H-pyrrole nitrogens is 1. The number of nitrogen functional groups attached to an aromatic ring is 1. The van der Waals surface area contributed by atoms with Gasteiger partial charge in [-0.05, 0) is 12.5 Å². The largest absolute Gasteiger partial charge is 0.382 e. The molecule has 0 unspecified atom stereocenters. The van der Waals surface area contributed by atoms with Crippen molar-refractivity contribution in [1.82, 2.24) is 10.2 Å². The summed E-state index contributed by atoms with van der Waals surface area (Å²) in [5.74, 6) is -0.176. The first-order chi connectivity index (χ1) is 7.65. The highest BCUT2D eigenvalue weighted by molar-refractivity contribution is 6.31. The molecule has 3 nitrogen and oxygen atoms in total. The van der Waals surface area contributed by atoms with Crippen LogP contribution in [0, 0.1) is 5.82 Å². The fourth-order valence-corrected chi connectivity index (χ4v) is 1.82. The molecule has 5 heteroatoms. The molecule has 0 amide bonds. The number of nitrogens with one attached hydrogen (secondary N) is 1. The predicted octanol–water partition coefficient (Wildman–Crippen LogP) is 3.01. The molecule has 0 fully saturated rings. The molecule has 0 spiro atoms. The zero-order chi connectivity index (χ0) is 11.7. The quantitative estimate of drug-likeness (QED) is 0.847. The Morgan fingerprint density at radius 2 is 2.25 bits per heavy atom. The van der Waals surface area contributed by atoms with Gasteiger partial charge in [0, 0.05) is 16.8 Å². The molecule has 0 saturated heterocycles. The molecule has 84 valence electrons. The van der Waals surface area contributed by atoms with E-state index in [1.807, 2.05) is 6.92 Å². The van der Waals surface area contributed by atoms with Crippen molar-refractivity contribution < 1.29 is 4.39 Å². The average molecular weight is 240 g/mol. The lowest BCUT2D eigenvalue weighted by Crippen LogP contribution is -1.93. The van der Waals surface area contributed by atoms with Gasteiger partial charge in [-0.3, -0.25) is 5.10 Å². The molecule has 0 bridgehead atoms. The summed E-state index contributed by atoms with van der Waals surface area (Å²) in [5, 5.41) is 6.75. The van der Waals surface area contributed by atoms with Crippen LogP contribution in [0.15, 0.2) is 18.2 Å². The van der Waals surface area contributed by atoms with E-state index in [2.05, 4.69) is 10.2 Å². The molecular formula is C11H11ClFN3. The van der Waals surface area contributed by atoms with Crippen molar-refractivity contribution in [3.63, 3.8) is 0 Å². The number of hydrogen-bond donors (Lipinski definition) is 2. The van der Waals surface area contributed by atoms with Gasteiger partial charge in [-0.15, -0.1) is 0 Å². The summed E-state index contributed by atoms with van der Waals surface area (Å²) in [6, 6.07) is 4.83. The molecule has 1 aromatic carbocycles. The van der Waals surface area contributed by atoms with Crippen molar-refractivity contribution in [3.05, 3.63) is 34.7 Å². The number of aryl methyl sites for hydroxylation is 1. The number of aromatic amines is 1. The minimum Gasteiger partial charge on any atom is -0.382 e. The van der Waals surface area contributed by atoms with Crippen molar-refractivity contribution in [3.8, 4) is 11.1 Å². The Bertz CT molecular complexity index is 522. The van der Waals surface area contributed by atoms with E-state index in [0.29, 0.717) is 17.5 Å². The number of anilines is 1. The van der Waals surface area contributed by atoms with Gasteiger partial charge in [-0.25, -0.2) is 4.39 Å². The monoisotopic (exact) mass is 239 g/mol. The van der Waals surface area contributed by atoms with Gasteiger partial charge >= 0.3 is 0 Å². The van der Waals surface area contributed by atoms with Crippen LogP contribution in [0.4, 0.5) is 10.2 Å². The lowest BCUT2D eigenvalue weighted by atomic mass is 10.0. The number of aromatic nitrogens is 2. The van der Waals surface area contributed by atoms with Crippen LogP contribution in [0.5, 0.6) is 0 Å². The minimum absolute atomic E-state index is 0.0835. The highest BCUT2D eigenvalue weighted by Gasteiger charge is 2.16. The Labute approximate surface area is 97.4 Å². The maximum absolute atomic E-state index is 13.8. The Kier molecular flexibility index (Phi) is 2.83. The van der Waals surface area contributed by atoms with Gasteiger partial charge in [-0.1, -0.05) is 30.7 Å². The van der Waals surface area contributed by atoms with Crippen LogP contribution < -0.4 is 5.73 Å². The zero-order valence-corrected chi connectivity index (χ0v) is 9.48. The molecule has 0 radical (unpaired) electrons. The van der Waals surface area contributed by atoms with Crippen LogP contribution in [0.1, 0.15) is 12.6 Å². The molecule has 0 aliphatic carbocycles. The fourth-order valence-electron chi connectivity index (χ4n) is 1.65. The Hall–Kier alpha value is -1.55. The van der Waals surface area contributed by atoms with Gasteiger partial charge < -0.3 is 5.73 Å². The molecule has 2 rings (SSSR count). The Morgan fingerprint density at radius 3 is 2.94 bits per heavy atom. The summed E-state index contributed by atoms with van der Waals surface area (Å²) in [4.78, 5) is 0. The highest BCUT2D eigenvalue weighted by Crippen LogP contribution is 2.32. The summed E-state index contributed by atoms with van der Waals surface area (Å²) < 4.78 is 13.8. The molecule has 0 aliphatic heterocycles. The van der Waals surface area contributed by atoms with Crippen LogP contribution >= 0.6 is 11.6 Å². The summed E-state index contributed by atoms with van der Waals surface area (Å²) in [5.41, 5.74) is 7.50. The number of benzene rings is 1. The minimum atomic E-state index is -0.466. The van der Waals surface area contributed by atoms with Crippen molar-refractivity contribution in [2.45, 2.75) is 13.3 Å². The van der Waals surface area contributed by atoms with Crippen molar-refractivity contribution >= 4 is 17.4 Å². The van der Waals surface area contributed by atoms with Crippen molar-refractivity contribution in [2.75, 3.05) is 5.73 Å². The van der Waals surface area contributed by atoms with E-state index in [9.17, 15) is 4.39 Å². The zero-order valence-electron chi connectivity index (χ0n) is 8.72. The summed E-state index contributed by atoms with van der Waals surface area (Å²) >= 11 is 5.73. The van der Waals surface area contributed by atoms with E-state index in [1.54, 1.807) is 12.1 Å². The van der Waals surface area contributed by atoms with Crippen LogP contribution in [0.2, 0.25) is 5.02 Å². The maximum Gasteiger partial charge on any atom is 0.153 e. The number of nitrogens with zero attached hydrogens (tertiary/aromatic N) is 1. The first kappa shape index (κ1) is 11.0. The molecule has 2 aromatic rings. The van der Waals surface area contributed by atoms with Crippen molar-refractivity contribution in [2.24, 2.45) is 0 Å². The van der Waals surface area contributed by atoms with Gasteiger partial charge in [0.2, 0.25) is 0 Å². The molecule has 16 heavy (non-hydrogen) atoms. The number of halogens is 2. The Morgan fingerprint density at radius 1 is 1.50 bits per heavy atom. The third-order valence-corrected chi connectivity index (χ3v) is 2.74. The standard InChI is InChI=1S/C11H11ClFN3/c1-2-8-9(11(14)16-15-8)6-4-3-5-7(12)10(6)13/h3-5H,2H2,1H3,(H3,14,15,16). The molecular weight excluding hydrogens is 229 g/mol. The third kappa shape index (κ3) is 1.65. The lowest BCUT2D eigenvalue weighted by molar-refractivity contribution is 0.631. The SMILES string of the molecule is CCc1[nH]nc(N)c1-c1cccc(Cl)c1F. The Balaban J connectivity index is 2.67. The van der Waals surface area contributed by atoms with Crippen LogP contribution in [-0.4, -0.2) is 10.2 Å². The molecule has 0 atom stereocenters. The summed E-state index contributed by atoms with van der Waals surface area (Å²) in [6.45, 7) is 1.94. The van der Waals surface area contributed by atoms with Gasteiger partial charge in [0.15, 0.2) is 5.82 Å². The lowest BCUT2D eigenvalue weighted by Gasteiger charge is -2.05. The topological polar surface area (TPSA) is 54.7 Å². The highest BCUT2D eigenvalue weighted by atomic mass is 35.5. The number of hydrogen-bond acceptors (Lipinski definition) is 2. The van der Waals surface area contributed by atoms with E-state index >= 15 is 0 Å². The van der Waals surface area contributed by atoms with Gasteiger partial charge in [-0.2, -0.15) is 5.10 Å². The maximum atomic E-state index is 13.8. The van der Waals surface area contributed by atoms with Crippen LogP contribution in [-0.2, 0) is 6.42 Å². The van der Waals surface area contributed by atoms with E-state index in [-0.39, 0.29) is 10.8 Å². The van der Waals surface area contributed by atoms with E-state index in [4.69, 9.17) is 17.3 Å².